The van der Waals surface area contributed by atoms with Gasteiger partial charge in [0.2, 0.25) is 5.75 Å². The van der Waals surface area contributed by atoms with Crippen LogP contribution in [-0.4, -0.2) is 29.2 Å². The van der Waals surface area contributed by atoms with Gasteiger partial charge in [0.15, 0.2) is 0 Å². The first-order chi connectivity index (χ1) is 7.29. The first-order valence-electron chi connectivity index (χ1n) is 4.93. The van der Waals surface area contributed by atoms with Crippen LogP contribution in [0.25, 0.3) is 0 Å². The predicted octanol–water partition coefficient (Wildman–Crippen LogP) is 2.26. The van der Waals surface area contributed by atoms with E-state index < -0.39 is 0 Å². The third-order valence-electron chi connectivity index (χ3n) is 2.59. The summed E-state index contributed by atoms with van der Waals surface area (Å²) in [7, 11) is 2.19. The van der Waals surface area contributed by atoms with Crippen LogP contribution in [0.4, 0.5) is 0 Å². The lowest BCUT2D eigenvalue weighted by Gasteiger charge is -2.18. The molecule has 1 aliphatic heterocycles. The fraction of sp³-hybridized carbons (Fsp3) is 0.455. The topological polar surface area (TPSA) is 33.2 Å². The minimum absolute atomic E-state index is 0.222. The molecule has 0 aromatic carbocycles. The van der Waals surface area contributed by atoms with E-state index in [-0.39, 0.29) is 5.75 Å². The van der Waals surface area contributed by atoms with Gasteiger partial charge in [-0.1, -0.05) is 6.07 Å². The van der Waals surface area contributed by atoms with Crippen molar-refractivity contribution in [1.82, 2.24) is 9.88 Å². The molecule has 1 atom stereocenters. The lowest BCUT2D eigenvalue weighted by molar-refractivity contribution is 0.317. The van der Waals surface area contributed by atoms with Crippen LogP contribution in [0.1, 0.15) is 24.4 Å². The maximum Gasteiger partial charge on any atom is 0.208 e. The van der Waals surface area contributed by atoms with Gasteiger partial charge in [0.1, 0.15) is 0 Å². The predicted molar refractivity (Wildman–Crippen MR) is 61.4 cm³/mol. The summed E-state index contributed by atoms with van der Waals surface area (Å²) in [5, 5.41) is 0. The highest BCUT2D eigenvalue weighted by atomic mass is 35.5. The normalized spacial score (nSPS) is 20.5. The van der Waals surface area contributed by atoms with Crippen molar-refractivity contribution in [3.63, 3.8) is 0 Å². The molecule has 1 aliphatic rings. The molecule has 15 heavy (non-hydrogen) atoms. The van der Waals surface area contributed by atoms with Gasteiger partial charge >= 0.3 is 0 Å². The monoisotopic (exact) mass is 226 g/mol. The van der Waals surface area contributed by atoms with Gasteiger partial charge in [-0.25, -0.2) is 0 Å². The first-order valence-corrected chi connectivity index (χ1v) is 5.37. The Hall–Kier alpha value is -0.930. The van der Waals surface area contributed by atoms with Gasteiger partial charge in [-0.15, -0.1) is 0 Å². The number of nitrogens with zero attached hydrogens (tertiary/aromatic N) is 2. The lowest BCUT2D eigenvalue weighted by Crippen LogP contribution is -2.17. The second-order valence-electron chi connectivity index (χ2n) is 3.51. The number of carbonyl (C=O) groups excluding carboxylic acids is 1. The number of pyridine rings is 1. The zero-order chi connectivity index (χ0) is 11.1. The lowest BCUT2D eigenvalue weighted by atomic mass is 10.1. The van der Waals surface area contributed by atoms with E-state index in [2.05, 4.69) is 34.6 Å². The molecule has 1 aromatic rings. The number of carbonyl (C=O) groups is 1. The van der Waals surface area contributed by atoms with Crippen LogP contribution in [0.5, 0.6) is 0 Å². The van der Waals surface area contributed by atoms with Gasteiger partial charge < -0.3 is 0 Å². The molecule has 0 aliphatic carbocycles. The summed E-state index contributed by atoms with van der Waals surface area (Å²) in [6.45, 7) is 1.22. The highest BCUT2D eigenvalue weighted by Crippen LogP contribution is 2.29. The summed E-state index contributed by atoms with van der Waals surface area (Å²) in [5.74, 6) is 0.222. The summed E-state index contributed by atoms with van der Waals surface area (Å²) < 4.78 is 0. The highest BCUT2D eigenvalue weighted by Gasteiger charge is 2.21. The Labute approximate surface area is 95.1 Å². The van der Waals surface area contributed by atoms with E-state index in [1.54, 1.807) is 0 Å². The van der Waals surface area contributed by atoms with Gasteiger partial charge in [0.05, 0.1) is 0 Å². The number of aromatic nitrogens is 1. The molecule has 1 unspecified atom stereocenters. The van der Waals surface area contributed by atoms with E-state index in [1.807, 2.05) is 18.5 Å². The Morgan fingerprint density at radius 2 is 2.40 bits per heavy atom. The van der Waals surface area contributed by atoms with Crippen LogP contribution in [0.2, 0.25) is 0 Å². The fourth-order valence-corrected chi connectivity index (χ4v) is 1.90. The summed E-state index contributed by atoms with van der Waals surface area (Å²) in [6.07, 6.45) is 6.41. The molecule has 2 heterocycles. The van der Waals surface area contributed by atoms with E-state index in [9.17, 15) is 0 Å². The standard InChI is InChI=1S/C10H14N2.CHClO/c1-12-7-3-5-10(12)9-4-2-6-11-8-9;2-1-3/h2,4,6,8,10H,3,5,7H2,1H3;1H. The summed E-state index contributed by atoms with van der Waals surface area (Å²) in [4.78, 5) is 15.1. The van der Waals surface area contributed by atoms with Crippen molar-refractivity contribution >= 4 is 17.3 Å². The van der Waals surface area contributed by atoms with E-state index in [1.165, 1.54) is 24.9 Å². The Morgan fingerprint density at radius 3 is 2.87 bits per heavy atom. The molecular formula is C11H15ClN2O. The average molecular weight is 227 g/mol. The molecule has 1 aromatic heterocycles. The van der Waals surface area contributed by atoms with Crippen molar-refractivity contribution in [1.29, 1.82) is 0 Å². The van der Waals surface area contributed by atoms with Crippen molar-refractivity contribution in [2.75, 3.05) is 13.6 Å². The van der Waals surface area contributed by atoms with Crippen LogP contribution >= 0.6 is 11.6 Å². The van der Waals surface area contributed by atoms with E-state index in [0.29, 0.717) is 6.04 Å². The van der Waals surface area contributed by atoms with Gasteiger partial charge in [-0.3, -0.25) is 14.7 Å². The molecule has 3 nitrogen and oxygen atoms in total. The van der Waals surface area contributed by atoms with E-state index >= 15 is 0 Å². The van der Waals surface area contributed by atoms with Gasteiger partial charge in [0, 0.05) is 18.4 Å². The average Bonchev–Trinajstić information content (AvgIpc) is 2.67. The molecule has 0 N–H and O–H groups in total. The molecule has 0 spiro atoms. The third kappa shape index (κ3) is 3.61. The van der Waals surface area contributed by atoms with Crippen molar-refractivity contribution in [2.45, 2.75) is 18.9 Å². The van der Waals surface area contributed by atoms with Gasteiger partial charge in [0.25, 0.3) is 0 Å². The highest BCUT2D eigenvalue weighted by molar-refractivity contribution is 6.54. The van der Waals surface area contributed by atoms with Crippen LogP contribution in [0.15, 0.2) is 24.5 Å². The second kappa shape index (κ2) is 6.53. The molecular weight excluding hydrogens is 212 g/mol. The van der Waals surface area contributed by atoms with Gasteiger partial charge in [-0.05, 0) is 49.7 Å². The quantitative estimate of drug-likeness (QED) is 0.544. The maximum absolute atomic E-state index is 8.57. The van der Waals surface area contributed by atoms with Crippen molar-refractivity contribution < 1.29 is 4.79 Å². The summed E-state index contributed by atoms with van der Waals surface area (Å²) in [6, 6.07) is 4.79. The molecule has 1 fully saturated rings. The largest absolute Gasteiger partial charge is 0.299 e. The molecule has 0 saturated carbocycles. The van der Waals surface area contributed by atoms with Gasteiger partial charge in [-0.2, -0.15) is 0 Å². The molecule has 2 rings (SSSR count). The van der Waals surface area contributed by atoms with Crippen LogP contribution in [-0.2, 0) is 4.79 Å². The third-order valence-corrected chi connectivity index (χ3v) is 2.59. The maximum atomic E-state index is 8.57. The number of likely N-dealkylation sites (tertiary alicyclic amines) is 1. The van der Waals surface area contributed by atoms with Crippen LogP contribution in [0.3, 0.4) is 0 Å². The van der Waals surface area contributed by atoms with Crippen molar-refractivity contribution in [3.8, 4) is 0 Å². The minimum atomic E-state index is 0.222. The van der Waals surface area contributed by atoms with E-state index in [4.69, 9.17) is 4.79 Å². The molecule has 0 bridgehead atoms. The first kappa shape index (κ1) is 12.1. The van der Waals surface area contributed by atoms with Crippen molar-refractivity contribution in [2.24, 2.45) is 0 Å². The molecule has 0 amide bonds. The Kier molecular flexibility index (Phi) is 5.29. The smallest absolute Gasteiger partial charge is 0.208 e. The summed E-state index contributed by atoms with van der Waals surface area (Å²) >= 11 is 4.32. The van der Waals surface area contributed by atoms with Crippen molar-refractivity contribution in [3.05, 3.63) is 30.1 Å². The Bertz CT molecular complexity index is 292. The van der Waals surface area contributed by atoms with Crippen LogP contribution in [0, 0.1) is 0 Å². The molecule has 0 radical (unpaired) electrons. The fourth-order valence-electron chi connectivity index (χ4n) is 1.90. The number of rotatable bonds is 1. The molecule has 4 heteroatoms. The molecule has 82 valence electrons. The number of hydrogen-bond donors (Lipinski definition) is 0. The van der Waals surface area contributed by atoms with Crippen LogP contribution < -0.4 is 0 Å². The minimum Gasteiger partial charge on any atom is -0.299 e. The number of hydrogen-bond acceptors (Lipinski definition) is 3. The second-order valence-corrected chi connectivity index (χ2v) is 3.69. The zero-order valence-electron chi connectivity index (χ0n) is 8.77. The Balaban J connectivity index is 0.000000337. The molecule has 1 saturated heterocycles. The van der Waals surface area contributed by atoms with E-state index in [0.717, 1.165) is 0 Å². The summed E-state index contributed by atoms with van der Waals surface area (Å²) in [5.41, 5.74) is 1.36. The Morgan fingerprint density at radius 1 is 1.67 bits per heavy atom. The number of halogens is 1. The SMILES string of the molecule is CN1CCCC1c1cccnc1.O=CCl. The zero-order valence-corrected chi connectivity index (χ0v) is 9.52.